The highest BCUT2D eigenvalue weighted by Gasteiger charge is 2.43. The highest BCUT2D eigenvalue weighted by Crippen LogP contribution is 2.29. The molecule has 0 atom stereocenters. The van der Waals surface area contributed by atoms with Crippen LogP contribution < -0.4 is 0 Å². The zero-order chi connectivity index (χ0) is 19.8. The second kappa shape index (κ2) is 7.63. The van der Waals surface area contributed by atoms with Gasteiger partial charge < -0.3 is 10.0 Å². The Balaban J connectivity index is 1.91. The first-order chi connectivity index (χ1) is 12.7. The maximum Gasteiger partial charge on any atom is 0.254 e. The lowest BCUT2D eigenvalue weighted by Gasteiger charge is -2.46. The number of hydrogen-bond donors (Lipinski definition) is 1. The lowest BCUT2D eigenvalue weighted by Crippen LogP contribution is -2.63. The van der Waals surface area contributed by atoms with E-state index in [1.165, 1.54) is 23.1 Å². The molecule has 1 saturated heterocycles. The van der Waals surface area contributed by atoms with Crippen molar-refractivity contribution in [2.75, 3.05) is 13.1 Å². The molecule has 3 rings (SSSR count). The predicted octanol–water partition coefficient (Wildman–Crippen LogP) is 4.06. The minimum Gasteiger partial charge on any atom is -0.386 e. The van der Waals surface area contributed by atoms with Crippen molar-refractivity contribution in [3.8, 4) is 0 Å². The summed E-state index contributed by atoms with van der Waals surface area (Å²) in [5.41, 5.74) is -1.11. The number of halogens is 4. The molecule has 0 aromatic heterocycles. The first-order valence-electron chi connectivity index (χ1n) is 8.27. The summed E-state index contributed by atoms with van der Waals surface area (Å²) in [7, 11) is 0. The zero-order valence-electron chi connectivity index (χ0n) is 14.3. The fraction of sp³-hybridized carbons (Fsp3) is 0.250. The normalized spacial score (nSPS) is 15.4. The van der Waals surface area contributed by atoms with E-state index in [0.29, 0.717) is 9.99 Å². The number of carbonyl (C=O) groups is 1. The topological polar surface area (TPSA) is 40.5 Å². The van der Waals surface area contributed by atoms with Gasteiger partial charge in [-0.2, -0.15) is 0 Å². The van der Waals surface area contributed by atoms with E-state index in [1.807, 2.05) is 22.6 Å². The van der Waals surface area contributed by atoms with Crippen LogP contribution in [0.15, 0.2) is 43.0 Å². The van der Waals surface area contributed by atoms with Crippen LogP contribution in [0.3, 0.4) is 0 Å². The number of rotatable bonds is 5. The Hall–Kier alpha value is -1.87. The molecule has 1 amide bonds. The highest BCUT2D eigenvalue weighted by atomic mass is 127. The maximum atomic E-state index is 14.4. The molecule has 3 nitrogen and oxygen atoms in total. The lowest BCUT2D eigenvalue weighted by molar-refractivity contribution is -0.0781. The van der Waals surface area contributed by atoms with E-state index in [-0.39, 0.29) is 36.2 Å². The van der Waals surface area contributed by atoms with Crippen LogP contribution in [0.5, 0.6) is 0 Å². The Morgan fingerprint density at radius 2 is 1.93 bits per heavy atom. The van der Waals surface area contributed by atoms with Gasteiger partial charge in [0.25, 0.3) is 5.91 Å². The summed E-state index contributed by atoms with van der Waals surface area (Å²) in [5, 5.41) is 10.2. The number of hydrogen-bond acceptors (Lipinski definition) is 2. The summed E-state index contributed by atoms with van der Waals surface area (Å²) in [6, 6.07) is 6.52. The van der Waals surface area contributed by atoms with Gasteiger partial charge in [-0.3, -0.25) is 4.79 Å². The molecule has 1 aliphatic heterocycles. The van der Waals surface area contributed by atoms with Crippen molar-refractivity contribution in [1.82, 2.24) is 4.90 Å². The van der Waals surface area contributed by atoms with Gasteiger partial charge in [-0.25, -0.2) is 13.2 Å². The molecule has 1 aliphatic rings. The van der Waals surface area contributed by atoms with Crippen LogP contribution in [0, 0.1) is 21.0 Å². The number of aliphatic hydroxyl groups is 1. The summed E-state index contributed by atoms with van der Waals surface area (Å²) in [5.74, 6) is -3.34. The molecule has 0 bridgehead atoms. The molecular formula is C20H17F3INO2. The number of β-amino-alcohol motifs (C(OH)–C–C–N with tert-alkyl or cyclic N) is 1. The van der Waals surface area contributed by atoms with Crippen molar-refractivity contribution >= 4 is 28.5 Å². The molecule has 0 aliphatic carbocycles. The molecule has 0 unspecified atom stereocenters. The van der Waals surface area contributed by atoms with E-state index in [9.17, 15) is 23.1 Å². The van der Waals surface area contributed by atoms with Crippen molar-refractivity contribution in [1.29, 1.82) is 0 Å². The van der Waals surface area contributed by atoms with Crippen LogP contribution in [0.1, 0.15) is 27.9 Å². The van der Waals surface area contributed by atoms with Gasteiger partial charge in [0.1, 0.15) is 11.4 Å². The Bertz CT molecular complexity index is 910. The SMILES string of the molecule is C=CCC1(O)CN(C(=O)c2ccc(F)c(F)c2Cc2ccc(I)cc2F)C1. The van der Waals surface area contributed by atoms with Crippen LogP contribution in [-0.4, -0.2) is 34.6 Å². The Labute approximate surface area is 168 Å². The summed E-state index contributed by atoms with van der Waals surface area (Å²) in [4.78, 5) is 14.1. The van der Waals surface area contributed by atoms with Crippen molar-refractivity contribution in [2.24, 2.45) is 0 Å². The van der Waals surface area contributed by atoms with Gasteiger partial charge in [-0.1, -0.05) is 12.1 Å². The van der Waals surface area contributed by atoms with Crippen LogP contribution in [-0.2, 0) is 6.42 Å². The molecule has 1 fully saturated rings. The van der Waals surface area contributed by atoms with Gasteiger partial charge in [-0.15, -0.1) is 6.58 Å². The van der Waals surface area contributed by atoms with Crippen molar-refractivity contribution in [2.45, 2.75) is 18.4 Å². The number of carbonyl (C=O) groups excluding carboxylic acids is 1. The Morgan fingerprint density at radius 1 is 1.22 bits per heavy atom. The van der Waals surface area contributed by atoms with Gasteiger partial charge in [0.2, 0.25) is 0 Å². The molecule has 0 spiro atoms. The number of nitrogens with zero attached hydrogens (tertiary/aromatic N) is 1. The fourth-order valence-electron chi connectivity index (χ4n) is 3.20. The Morgan fingerprint density at radius 3 is 2.56 bits per heavy atom. The summed E-state index contributed by atoms with van der Waals surface area (Å²) in [6.45, 7) is 3.72. The molecule has 1 N–H and O–H groups in total. The monoisotopic (exact) mass is 487 g/mol. The van der Waals surface area contributed by atoms with Crippen LogP contribution in [0.25, 0.3) is 0 Å². The van der Waals surface area contributed by atoms with Crippen LogP contribution >= 0.6 is 22.6 Å². The zero-order valence-corrected chi connectivity index (χ0v) is 16.5. The average Bonchev–Trinajstić information content (AvgIpc) is 2.58. The minimum atomic E-state index is -1.17. The van der Waals surface area contributed by atoms with Crippen LogP contribution in [0.4, 0.5) is 13.2 Å². The summed E-state index contributed by atoms with van der Waals surface area (Å²) >= 11 is 1.95. The summed E-state index contributed by atoms with van der Waals surface area (Å²) in [6.07, 6.45) is 1.64. The minimum absolute atomic E-state index is 0.0347. The first-order valence-corrected chi connectivity index (χ1v) is 9.35. The van der Waals surface area contributed by atoms with Gasteiger partial charge >= 0.3 is 0 Å². The third kappa shape index (κ3) is 4.03. The lowest BCUT2D eigenvalue weighted by atomic mass is 9.89. The smallest absolute Gasteiger partial charge is 0.254 e. The van der Waals surface area contributed by atoms with Crippen LogP contribution in [0.2, 0.25) is 0 Å². The van der Waals surface area contributed by atoms with E-state index in [0.717, 1.165) is 6.07 Å². The molecular weight excluding hydrogens is 470 g/mol. The van der Waals surface area contributed by atoms with Crippen molar-refractivity contribution in [3.63, 3.8) is 0 Å². The van der Waals surface area contributed by atoms with Crippen molar-refractivity contribution < 1.29 is 23.1 Å². The molecule has 0 saturated carbocycles. The fourth-order valence-corrected chi connectivity index (χ4v) is 3.65. The third-order valence-electron chi connectivity index (χ3n) is 4.59. The standard InChI is InChI=1S/C20H17F3INO2/c1-2-7-20(27)10-25(11-20)19(26)14-5-6-16(21)18(23)15(14)8-12-3-4-13(24)9-17(12)22/h2-6,9,27H,1,7-8,10-11H2. The number of benzene rings is 2. The predicted molar refractivity (Wildman–Crippen MR) is 104 cm³/mol. The molecule has 0 radical (unpaired) electrons. The largest absolute Gasteiger partial charge is 0.386 e. The number of likely N-dealkylation sites (tertiary alicyclic amines) is 1. The van der Waals surface area contributed by atoms with E-state index < -0.39 is 29.0 Å². The molecule has 142 valence electrons. The Kier molecular flexibility index (Phi) is 5.62. The van der Waals surface area contributed by atoms with Gasteiger partial charge in [0.15, 0.2) is 11.6 Å². The van der Waals surface area contributed by atoms with Crippen molar-refractivity contribution in [3.05, 3.63) is 80.7 Å². The van der Waals surface area contributed by atoms with E-state index >= 15 is 0 Å². The van der Waals surface area contributed by atoms with Gasteiger partial charge in [0.05, 0.1) is 13.1 Å². The second-order valence-corrected chi connectivity index (χ2v) is 7.92. The number of amides is 1. The summed E-state index contributed by atoms with van der Waals surface area (Å²) < 4.78 is 43.0. The van der Waals surface area contributed by atoms with E-state index in [1.54, 1.807) is 12.1 Å². The maximum absolute atomic E-state index is 14.4. The average molecular weight is 487 g/mol. The van der Waals surface area contributed by atoms with E-state index in [2.05, 4.69) is 6.58 Å². The molecule has 2 aromatic rings. The van der Waals surface area contributed by atoms with Gasteiger partial charge in [-0.05, 0) is 58.8 Å². The van der Waals surface area contributed by atoms with Gasteiger partial charge in [0, 0.05) is 21.1 Å². The first kappa shape index (κ1) is 19.9. The third-order valence-corrected chi connectivity index (χ3v) is 5.26. The molecule has 7 heteroatoms. The quantitative estimate of drug-likeness (QED) is 0.511. The molecule has 2 aromatic carbocycles. The molecule has 27 heavy (non-hydrogen) atoms. The highest BCUT2D eigenvalue weighted by molar-refractivity contribution is 14.1. The van der Waals surface area contributed by atoms with E-state index in [4.69, 9.17) is 0 Å². The second-order valence-electron chi connectivity index (χ2n) is 6.68. The molecule has 1 heterocycles.